The lowest BCUT2D eigenvalue weighted by atomic mass is 9.94. The summed E-state index contributed by atoms with van der Waals surface area (Å²) in [5.41, 5.74) is -0.208. The molecule has 0 spiro atoms. The Bertz CT molecular complexity index is 605. The minimum absolute atomic E-state index is 0.138. The van der Waals surface area contributed by atoms with Crippen molar-refractivity contribution in [1.29, 1.82) is 0 Å². The minimum atomic E-state index is -0.974. The second-order valence-electron chi connectivity index (χ2n) is 6.10. The van der Waals surface area contributed by atoms with Gasteiger partial charge in [0.15, 0.2) is 11.6 Å². The predicted octanol–water partition coefficient (Wildman–Crippen LogP) is 2.83. The van der Waals surface area contributed by atoms with Gasteiger partial charge in [-0.25, -0.2) is 8.78 Å². The van der Waals surface area contributed by atoms with Crippen molar-refractivity contribution in [1.82, 2.24) is 5.32 Å². The van der Waals surface area contributed by atoms with Crippen LogP contribution in [0.4, 0.5) is 8.78 Å². The van der Waals surface area contributed by atoms with Crippen molar-refractivity contribution < 1.29 is 23.5 Å². The lowest BCUT2D eigenvalue weighted by Gasteiger charge is -2.28. The number of halogens is 2. The molecule has 1 amide bonds. The third-order valence-electron chi connectivity index (χ3n) is 4.25. The Labute approximate surface area is 127 Å². The Morgan fingerprint density at radius 1 is 1.36 bits per heavy atom. The number of benzene rings is 1. The van der Waals surface area contributed by atoms with Crippen LogP contribution in [-0.4, -0.2) is 22.5 Å². The third-order valence-corrected chi connectivity index (χ3v) is 4.25. The van der Waals surface area contributed by atoms with E-state index in [-0.39, 0.29) is 24.2 Å². The molecule has 2 rings (SSSR count). The first kappa shape index (κ1) is 16.4. The Balaban J connectivity index is 2.00. The zero-order chi connectivity index (χ0) is 16.5. The van der Waals surface area contributed by atoms with Gasteiger partial charge in [0, 0.05) is 11.5 Å². The maximum absolute atomic E-state index is 13.2. The highest BCUT2D eigenvalue weighted by atomic mass is 19.2. The van der Waals surface area contributed by atoms with E-state index >= 15 is 0 Å². The SMILES string of the molecule is CC[C@](C)(CC(=O)O)NC(=O)[C@H]1C[C@@H]1c1ccc(F)c(F)c1. The highest BCUT2D eigenvalue weighted by molar-refractivity contribution is 5.84. The van der Waals surface area contributed by atoms with Gasteiger partial charge in [-0.3, -0.25) is 9.59 Å². The third kappa shape index (κ3) is 3.61. The highest BCUT2D eigenvalue weighted by Crippen LogP contribution is 2.48. The molecule has 0 bridgehead atoms. The number of carbonyl (C=O) groups is 2. The summed E-state index contributed by atoms with van der Waals surface area (Å²) in [6.07, 6.45) is 0.898. The summed E-state index contributed by atoms with van der Waals surface area (Å²) in [6, 6.07) is 3.65. The number of rotatable bonds is 6. The molecule has 0 aliphatic heterocycles. The number of aliphatic carboxylic acids is 1. The highest BCUT2D eigenvalue weighted by Gasteiger charge is 2.45. The minimum Gasteiger partial charge on any atom is -0.481 e. The van der Waals surface area contributed by atoms with Gasteiger partial charge in [-0.2, -0.15) is 0 Å². The van der Waals surface area contributed by atoms with Gasteiger partial charge in [0.25, 0.3) is 0 Å². The van der Waals surface area contributed by atoms with Crippen LogP contribution in [0.5, 0.6) is 0 Å². The molecule has 3 atom stereocenters. The number of carbonyl (C=O) groups excluding carboxylic acids is 1. The molecule has 1 saturated carbocycles. The smallest absolute Gasteiger partial charge is 0.305 e. The van der Waals surface area contributed by atoms with Crippen molar-refractivity contribution in [3.05, 3.63) is 35.4 Å². The number of carboxylic acid groups (broad SMARTS) is 1. The van der Waals surface area contributed by atoms with Crippen molar-refractivity contribution in [3.8, 4) is 0 Å². The average Bonchev–Trinajstić information content (AvgIpc) is 3.21. The van der Waals surface area contributed by atoms with Crippen molar-refractivity contribution in [2.75, 3.05) is 0 Å². The number of carboxylic acids is 1. The molecule has 4 nitrogen and oxygen atoms in total. The Morgan fingerprint density at radius 3 is 2.59 bits per heavy atom. The molecule has 0 heterocycles. The van der Waals surface area contributed by atoms with Crippen molar-refractivity contribution in [3.63, 3.8) is 0 Å². The second kappa shape index (κ2) is 6.02. The second-order valence-corrected chi connectivity index (χ2v) is 6.10. The van der Waals surface area contributed by atoms with Crippen LogP contribution >= 0.6 is 0 Å². The van der Waals surface area contributed by atoms with Gasteiger partial charge >= 0.3 is 5.97 Å². The number of nitrogens with one attached hydrogen (secondary N) is 1. The number of amides is 1. The zero-order valence-corrected chi connectivity index (χ0v) is 12.5. The molecule has 0 aromatic heterocycles. The molecule has 0 unspecified atom stereocenters. The Morgan fingerprint density at radius 2 is 2.05 bits per heavy atom. The maximum Gasteiger partial charge on any atom is 0.305 e. The van der Waals surface area contributed by atoms with Crippen LogP contribution in [0, 0.1) is 17.6 Å². The Kier molecular flexibility index (Phi) is 4.49. The van der Waals surface area contributed by atoms with E-state index in [4.69, 9.17) is 5.11 Å². The summed E-state index contributed by atoms with van der Waals surface area (Å²) < 4.78 is 26.1. The van der Waals surface area contributed by atoms with E-state index in [1.807, 2.05) is 6.92 Å². The molecule has 120 valence electrons. The molecule has 1 aliphatic rings. The van der Waals surface area contributed by atoms with Crippen LogP contribution in [0.15, 0.2) is 18.2 Å². The topological polar surface area (TPSA) is 66.4 Å². The first-order valence-electron chi connectivity index (χ1n) is 7.24. The fourth-order valence-corrected chi connectivity index (χ4v) is 2.58. The molecular formula is C16H19F2NO3. The van der Waals surface area contributed by atoms with E-state index in [2.05, 4.69) is 5.32 Å². The van der Waals surface area contributed by atoms with E-state index in [9.17, 15) is 18.4 Å². The molecule has 0 radical (unpaired) electrons. The first-order valence-corrected chi connectivity index (χ1v) is 7.24. The largest absolute Gasteiger partial charge is 0.481 e. The summed E-state index contributed by atoms with van der Waals surface area (Å²) in [6.45, 7) is 3.50. The molecule has 1 aliphatic carbocycles. The maximum atomic E-state index is 13.2. The van der Waals surface area contributed by atoms with E-state index in [0.717, 1.165) is 12.1 Å². The van der Waals surface area contributed by atoms with Gasteiger partial charge in [-0.1, -0.05) is 13.0 Å². The standard InChI is InChI=1S/C16H19F2NO3/c1-3-16(2,8-14(20)21)19-15(22)11-7-10(11)9-4-5-12(17)13(18)6-9/h4-6,10-11H,3,7-8H2,1-2H3,(H,19,22)(H,20,21)/t10-,11+,16-/m1/s1. The van der Waals surface area contributed by atoms with Gasteiger partial charge in [0.05, 0.1) is 6.42 Å². The summed E-state index contributed by atoms with van der Waals surface area (Å²) in [5.74, 6) is -3.50. The number of hydrogen-bond acceptors (Lipinski definition) is 2. The predicted molar refractivity (Wildman–Crippen MR) is 76.3 cm³/mol. The normalized spacial score (nSPS) is 22.7. The van der Waals surface area contributed by atoms with Crippen LogP contribution in [0.2, 0.25) is 0 Å². The van der Waals surface area contributed by atoms with Crippen molar-refractivity contribution in [2.24, 2.45) is 5.92 Å². The Hall–Kier alpha value is -1.98. The quantitative estimate of drug-likeness (QED) is 0.849. The van der Waals surface area contributed by atoms with Gasteiger partial charge < -0.3 is 10.4 Å². The number of hydrogen-bond donors (Lipinski definition) is 2. The van der Waals surface area contributed by atoms with Gasteiger partial charge in [-0.15, -0.1) is 0 Å². The van der Waals surface area contributed by atoms with Gasteiger partial charge in [-0.05, 0) is 43.4 Å². The monoisotopic (exact) mass is 311 g/mol. The fourth-order valence-electron chi connectivity index (χ4n) is 2.58. The molecular weight excluding hydrogens is 292 g/mol. The van der Waals surface area contributed by atoms with E-state index < -0.39 is 23.1 Å². The molecule has 1 aromatic carbocycles. The molecule has 0 saturated heterocycles. The van der Waals surface area contributed by atoms with Crippen LogP contribution in [0.1, 0.15) is 44.6 Å². The fraction of sp³-hybridized carbons (Fsp3) is 0.500. The van der Waals surface area contributed by atoms with Crippen molar-refractivity contribution >= 4 is 11.9 Å². The van der Waals surface area contributed by atoms with Crippen LogP contribution < -0.4 is 5.32 Å². The molecule has 1 fully saturated rings. The van der Waals surface area contributed by atoms with Crippen LogP contribution in [-0.2, 0) is 9.59 Å². The molecule has 22 heavy (non-hydrogen) atoms. The summed E-state index contributed by atoms with van der Waals surface area (Å²) in [7, 11) is 0. The molecule has 1 aromatic rings. The van der Waals surface area contributed by atoms with Gasteiger partial charge in [0.1, 0.15) is 0 Å². The lowest BCUT2D eigenvalue weighted by Crippen LogP contribution is -2.47. The van der Waals surface area contributed by atoms with Crippen LogP contribution in [0.25, 0.3) is 0 Å². The summed E-state index contributed by atoms with van der Waals surface area (Å²) >= 11 is 0. The van der Waals surface area contributed by atoms with E-state index in [1.54, 1.807) is 6.92 Å². The zero-order valence-electron chi connectivity index (χ0n) is 12.5. The van der Waals surface area contributed by atoms with E-state index in [0.29, 0.717) is 18.4 Å². The summed E-state index contributed by atoms with van der Waals surface area (Å²) in [5, 5.41) is 11.7. The molecule has 2 N–H and O–H groups in total. The summed E-state index contributed by atoms with van der Waals surface area (Å²) in [4.78, 5) is 23.1. The van der Waals surface area contributed by atoms with E-state index in [1.165, 1.54) is 6.07 Å². The van der Waals surface area contributed by atoms with Crippen LogP contribution in [0.3, 0.4) is 0 Å². The molecule has 6 heteroatoms. The van der Waals surface area contributed by atoms with Gasteiger partial charge in [0.2, 0.25) is 5.91 Å². The first-order chi connectivity index (χ1) is 10.3. The average molecular weight is 311 g/mol. The van der Waals surface area contributed by atoms with Crippen molar-refractivity contribution in [2.45, 2.75) is 44.6 Å². The lowest BCUT2D eigenvalue weighted by molar-refractivity contribution is -0.139.